The van der Waals surface area contributed by atoms with Crippen molar-refractivity contribution in [3.05, 3.63) is 33.8 Å². The summed E-state index contributed by atoms with van der Waals surface area (Å²) in [5.74, 6) is 0. The third kappa shape index (κ3) is 2.72. The third-order valence-electron chi connectivity index (χ3n) is 3.47. The van der Waals surface area contributed by atoms with Crippen LogP contribution in [0.3, 0.4) is 0 Å². The summed E-state index contributed by atoms with van der Waals surface area (Å²) in [6, 6.07) is 6.46. The Morgan fingerprint density at radius 1 is 1.53 bits per heavy atom. The second-order valence-corrected chi connectivity index (χ2v) is 7.66. The summed E-state index contributed by atoms with van der Waals surface area (Å²) in [6.07, 6.45) is 4.34. The van der Waals surface area contributed by atoms with Crippen LogP contribution in [0.2, 0.25) is 0 Å². The van der Waals surface area contributed by atoms with Crippen molar-refractivity contribution in [2.45, 2.75) is 25.3 Å². The van der Waals surface area contributed by atoms with Crippen LogP contribution in [0.1, 0.15) is 17.5 Å². The van der Waals surface area contributed by atoms with Crippen molar-refractivity contribution >= 4 is 25.8 Å². The molecule has 0 saturated heterocycles. The molecule has 1 aromatic rings. The Morgan fingerprint density at radius 2 is 2.24 bits per heavy atom. The molecule has 0 spiro atoms. The Morgan fingerprint density at radius 3 is 2.88 bits per heavy atom. The molecular weight excluding hydrogens is 300 g/mol. The lowest BCUT2D eigenvalue weighted by Crippen LogP contribution is -2.39. The molecule has 0 bridgehead atoms. The average Bonchev–Trinajstić information content (AvgIpc) is 2.27. The fourth-order valence-electron chi connectivity index (χ4n) is 2.32. The molecule has 5 heteroatoms. The molecule has 17 heavy (non-hydrogen) atoms. The van der Waals surface area contributed by atoms with Crippen LogP contribution in [0, 0.1) is 4.78 Å². The Hall–Kier alpha value is -0.390. The zero-order valence-electron chi connectivity index (χ0n) is 10.1. The Labute approximate surface area is 111 Å². The van der Waals surface area contributed by atoms with Gasteiger partial charge in [0.15, 0.2) is 0 Å². The van der Waals surface area contributed by atoms with Gasteiger partial charge in [-0.05, 0) is 36.5 Å². The highest BCUT2D eigenvalue weighted by Crippen LogP contribution is 2.30. The van der Waals surface area contributed by atoms with Crippen molar-refractivity contribution < 1.29 is 4.21 Å². The van der Waals surface area contributed by atoms with Crippen molar-refractivity contribution in [2.75, 3.05) is 13.3 Å². The number of benzene rings is 1. The third-order valence-corrected chi connectivity index (χ3v) is 5.61. The Balaban J connectivity index is 2.27. The number of rotatable bonds is 2. The molecule has 3 nitrogen and oxygen atoms in total. The van der Waals surface area contributed by atoms with Crippen LogP contribution in [0.15, 0.2) is 22.7 Å². The van der Waals surface area contributed by atoms with E-state index in [0.29, 0.717) is 0 Å². The van der Waals surface area contributed by atoms with Crippen LogP contribution in [-0.2, 0) is 22.8 Å². The minimum Gasteiger partial charge on any atom is -0.240 e. The van der Waals surface area contributed by atoms with Gasteiger partial charge in [-0.3, -0.25) is 0 Å². The van der Waals surface area contributed by atoms with Gasteiger partial charge in [0.1, 0.15) is 9.92 Å². The number of aryl methyl sites for hydroxylation is 1. The Kier molecular flexibility index (Phi) is 3.61. The SMILES string of the molecule is CN(C1CCc2cccc(Br)c2C1)S(C)(=N)=O. The van der Waals surface area contributed by atoms with Crippen LogP contribution in [0.5, 0.6) is 0 Å². The summed E-state index contributed by atoms with van der Waals surface area (Å²) in [5.41, 5.74) is 2.68. The first-order valence-electron chi connectivity index (χ1n) is 5.62. The molecule has 0 radical (unpaired) electrons. The van der Waals surface area contributed by atoms with E-state index in [0.717, 1.165) is 23.7 Å². The number of nitrogens with zero attached hydrogens (tertiary/aromatic N) is 1. The number of halogens is 1. The molecule has 0 aliphatic heterocycles. The van der Waals surface area contributed by atoms with E-state index >= 15 is 0 Å². The zero-order valence-corrected chi connectivity index (χ0v) is 12.5. The normalized spacial score (nSPS) is 23.2. The summed E-state index contributed by atoms with van der Waals surface area (Å²) < 4.78 is 22.3. The first kappa shape index (κ1) is 13.1. The molecule has 0 amide bonds. The van der Waals surface area contributed by atoms with Crippen LogP contribution in [0.25, 0.3) is 0 Å². The Bertz CT molecular complexity index is 527. The highest BCUT2D eigenvalue weighted by Gasteiger charge is 2.26. The molecule has 1 aliphatic carbocycles. The van der Waals surface area contributed by atoms with Gasteiger partial charge in [0.25, 0.3) is 0 Å². The van der Waals surface area contributed by atoms with E-state index in [-0.39, 0.29) is 6.04 Å². The molecule has 2 atom stereocenters. The second kappa shape index (κ2) is 4.71. The minimum atomic E-state index is -2.60. The molecule has 1 aliphatic rings. The molecule has 0 fully saturated rings. The van der Waals surface area contributed by atoms with Crippen molar-refractivity contribution in [2.24, 2.45) is 0 Å². The maximum Gasteiger partial charge on any atom is 0.104 e. The lowest BCUT2D eigenvalue weighted by Gasteiger charge is -2.32. The zero-order chi connectivity index (χ0) is 12.6. The number of nitrogens with one attached hydrogen (secondary N) is 1. The largest absolute Gasteiger partial charge is 0.240 e. The molecule has 2 rings (SSSR count). The smallest absolute Gasteiger partial charge is 0.104 e. The summed E-state index contributed by atoms with van der Waals surface area (Å²) >= 11 is 3.57. The lowest BCUT2D eigenvalue weighted by molar-refractivity contribution is 0.350. The maximum absolute atomic E-state index is 11.8. The molecular formula is C12H17BrN2OS. The maximum atomic E-state index is 11.8. The van der Waals surface area contributed by atoms with Gasteiger partial charge in [-0.2, -0.15) is 0 Å². The first-order chi connectivity index (χ1) is 7.89. The van der Waals surface area contributed by atoms with Gasteiger partial charge in [-0.15, -0.1) is 0 Å². The highest BCUT2D eigenvalue weighted by atomic mass is 79.9. The van der Waals surface area contributed by atoms with E-state index in [9.17, 15) is 4.21 Å². The van der Waals surface area contributed by atoms with Crippen molar-refractivity contribution in [1.82, 2.24) is 4.31 Å². The fraction of sp³-hybridized carbons (Fsp3) is 0.500. The lowest BCUT2D eigenvalue weighted by atomic mass is 9.88. The van der Waals surface area contributed by atoms with Crippen molar-refractivity contribution in [3.63, 3.8) is 0 Å². The van der Waals surface area contributed by atoms with Crippen LogP contribution in [-0.4, -0.2) is 27.9 Å². The molecule has 2 unspecified atom stereocenters. The minimum absolute atomic E-state index is 0.205. The topological polar surface area (TPSA) is 44.2 Å². The van der Waals surface area contributed by atoms with E-state index in [2.05, 4.69) is 28.1 Å². The van der Waals surface area contributed by atoms with E-state index in [4.69, 9.17) is 4.78 Å². The number of likely N-dealkylation sites (N-methyl/N-ethyl adjacent to an activating group) is 1. The van der Waals surface area contributed by atoms with Gasteiger partial charge in [0, 0.05) is 23.8 Å². The summed E-state index contributed by atoms with van der Waals surface area (Å²) in [5, 5.41) is 0. The molecule has 1 N–H and O–H groups in total. The molecule has 94 valence electrons. The van der Waals surface area contributed by atoms with Crippen molar-refractivity contribution in [3.8, 4) is 0 Å². The average molecular weight is 317 g/mol. The number of hydrogen-bond donors (Lipinski definition) is 1. The standard InChI is InChI=1S/C12H17BrN2OS/c1-15(17(2,14)16)10-7-6-9-4-3-5-12(13)11(9)8-10/h3-5,10,14H,6-8H2,1-2H3. The highest BCUT2D eigenvalue weighted by molar-refractivity contribution is 9.10. The van der Waals surface area contributed by atoms with Gasteiger partial charge in [-0.25, -0.2) is 13.3 Å². The predicted octanol–water partition coefficient (Wildman–Crippen LogP) is 2.83. The van der Waals surface area contributed by atoms with Crippen LogP contribution >= 0.6 is 15.9 Å². The fourth-order valence-corrected chi connectivity index (χ4v) is 3.64. The summed E-state index contributed by atoms with van der Waals surface area (Å²) in [6.45, 7) is 0. The number of fused-ring (bicyclic) bond motifs is 1. The summed E-state index contributed by atoms with van der Waals surface area (Å²) in [4.78, 5) is 0. The van der Waals surface area contributed by atoms with Crippen LogP contribution < -0.4 is 0 Å². The van der Waals surface area contributed by atoms with Gasteiger partial charge in [-0.1, -0.05) is 28.1 Å². The molecule has 1 aromatic carbocycles. The first-order valence-corrected chi connectivity index (χ1v) is 8.34. The molecule has 0 aromatic heterocycles. The predicted molar refractivity (Wildman–Crippen MR) is 74.5 cm³/mol. The molecule has 0 saturated carbocycles. The van der Waals surface area contributed by atoms with Gasteiger partial charge in [0.05, 0.1) is 0 Å². The van der Waals surface area contributed by atoms with E-state index in [1.54, 1.807) is 11.4 Å². The second-order valence-electron chi connectivity index (χ2n) is 4.62. The van der Waals surface area contributed by atoms with Crippen molar-refractivity contribution in [1.29, 1.82) is 4.78 Å². The van der Waals surface area contributed by atoms with Gasteiger partial charge in [0.2, 0.25) is 0 Å². The van der Waals surface area contributed by atoms with Gasteiger partial charge < -0.3 is 0 Å². The summed E-state index contributed by atoms with van der Waals surface area (Å²) in [7, 11) is -0.806. The van der Waals surface area contributed by atoms with Crippen LogP contribution in [0.4, 0.5) is 0 Å². The number of hydrogen-bond acceptors (Lipinski definition) is 2. The van der Waals surface area contributed by atoms with Gasteiger partial charge >= 0.3 is 0 Å². The monoisotopic (exact) mass is 316 g/mol. The molecule has 0 heterocycles. The van der Waals surface area contributed by atoms with E-state index in [1.807, 2.05) is 6.07 Å². The quantitative estimate of drug-likeness (QED) is 0.895. The van der Waals surface area contributed by atoms with E-state index < -0.39 is 9.92 Å². The van der Waals surface area contributed by atoms with E-state index in [1.165, 1.54) is 17.4 Å².